The van der Waals surface area contributed by atoms with Gasteiger partial charge in [-0.1, -0.05) is 30.3 Å². The molecule has 0 unspecified atom stereocenters. The number of hydrogen-bond donors (Lipinski definition) is 2. The van der Waals surface area contributed by atoms with Crippen LogP contribution in [0.4, 0.5) is 0 Å². The van der Waals surface area contributed by atoms with E-state index in [4.69, 9.17) is 10.5 Å². The highest BCUT2D eigenvalue weighted by molar-refractivity contribution is 5.32. The maximum absolute atomic E-state index is 5.68. The van der Waals surface area contributed by atoms with Gasteiger partial charge in [-0.15, -0.1) is 0 Å². The van der Waals surface area contributed by atoms with E-state index in [-0.39, 0.29) is 6.15 Å². The Labute approximate surface area is 102 Å². The lowest BCUT2D eigenvalue weighted by atomic mass is 10.1. The van der Waals surface area contributed by atoms with Crippen molar-refractivity contribution in [1.82, 2.24) is 6.15 Å². The van der Waals surface area contributed by atoms with E-state index in [1.165, 1.54) is 5.56 Å². The van der Waals surface area contributed by atoms with Crippen molar-refractivity contribution >= 4 is 0 Å². The standard InChI is InChI=1S/C14H15NO.H3N/c15-11-10-12-6-8-14(9-7-12)16-13-4-2-1-3-5-13;/h1-9H,10-11,15H2;1H3. The first-order chi connectivity index (χ1) is 7.88. The minimum Gasteiger partial charge on any atom is -0.457 e. The number of rotatable bonds is 4. The van der Waals surface area contributed by atoms with Crippen LogP contribution in [0.15, 0.2) is 54.6 Å². The summed E-state index contributed by atoms with van der Waals surface area (Å²) in [6.07, 6.45) is 0.908. The van der Waals surface area contributed by atoms with Gasteiger partial charge in [0.2, 0.25) is 0 Å². The Morgan fingerprint density at radius 3 is 2.00 bits per heavy atom. The fourth-order valence-corrected chi connectivity index (χ4v) is 1.52. The predicted octanol–water partition coefficient (Wildman–Crippen LogP) is 3.14. The summed E-state index contributed by atoms with van der Waals surface area (Å²) in [5.74, 6) is 1.71. The quantitative estimate of drug-likeness (QED) is 0.847. The molecule has 5 N–H and O–H groups in total. The van der Waals surface area contributed by atoms with Gasteiger partial charge in [0.15, 0.2) is 0 Å². The maximum atomic E-state index is 5.68. The van der Waals surface area contributed by atoms with E-state index in [1.807, 2.05) is 54.6 Å². The molecule has 0 amide bonds. The van der Waals surface area contributed by atoms with Crippen molar-refractivity contribution < 1.29 is 4.74 Å². The Morgan fingerprint density at radius 2 is 1.41 bits per heavy atom. The SMILES string of the molecule is N.NCCc1ccc(Oc2ccccc2)cc1. The van der Waals surface area contributed by atoms with Crippen LogP contribution in [0.3, 0.4) is 0 Å². The lowest BCUT2D eigenvalue weighted by Crippen LogP contribution is -2.02. The summed E-state index contributed by atoms with van der Waals surface area (Å²) in [6.45, 7) is 0.679. The molecule has 0 aliphatic rings. The van der Waals surface area contributed by atoms with Gasteiger partial charge in [0, 0.05) is 0 Å². The smallest absolute Gasteiger partial charge is 0.127 e. The van der Waals surface area contributed by atoms with Crippen LogP contribution in [-0.2, 0) is 6.42 Å². The van der Waals surface area contributed by atoms with E-state index in [1.54, 1.807) is 0 Å². The zero-order valence-corrected chi connectivity index (χ0v) is 9.80. The highest BCUT2D eigenvalue weighted by atomic mass is 16.5. The summed E-state index contributed by atoms with van der Waals surface area (Å²) < 4.78 is 5.68. The third-order valence-corrected chi connectivity index (χ3v) is 2.34. The van der Waals surface area contributed by atoms with Gasteiger partial charge in [0.25, 0.3) is 0 Å². The molecule has 17 heavy (non-hydrogen) atoms. The van der Waals surface area contributed by atoms with Crippen molar-refractivity contribution in [3.05, 3.63) is 60.2 Å². The Kier molecular flexibility index (Phi) is 5.20. The molecular weight excluding hydrogens is 212 g/mol. The number of benzene rings is 2. The molecule has 0 saturated heterocycles. The molecule has 0 atom stereocenters. The van der Waals surface area contributed by atoms with Crippen LogP contribution in [0.1, 0.15) is 5.56 Å². The minimum absolute atomic E-state index is 0. The number of ether oxygens (including phenoxy) is 1. The van der Waals surface area contributed by atoms with Crippen molar-refractivity contribution in [1.29, 1.82) is 0 Å². The lowest BCUT2D eigenvalue weighted by Gasteiger charge is -2.06. The average molecular weight is 230 g/mol. The van der Waals surface area contributed by atoms with Crippen LogP contribution < -0.4 is 16.6 Å². The fraction of sp³-hybridized carbons (Fsp3) is 0.143. The van der Waals surface area contributed by atoms with Crippen molar-refractivity contribution in [2.75, 3.05) is 6.54 Å². The second kappa shape index (κ2) is 6.68. The van der Waals surface area contributed by atoms with Crippen LogP contribution in [0.25, 0.3) is 0 Å². The zero-order chi connectivity index (χ0) is 11.2. The van der Waals surface area contributed by atoms with Gasteiger partial charge >= 0.3 is 0 Å². The van der Waals surface area contributed by atoms with Gasteiger partial charge in [0.1, 0.15) is 11.5 Å². The first-order valence-electron chi connectivity index (χ1n) is 5.40. The van der Waals surface area contributed by atoms with E-state index in [0.29, 0.717) is 6.54 Å². The summed E-state index contributed by atoms with van der Waals surface area (Å²) in [5, 5.41) is 0. The highest BCUT2D eigenvalue weighted by Crippen LogP contribution is 2.20. The Morgan fingerprint density at radius 1 is 0.824 bits per heavy atom. The number of hydrogen-bond acceptors (Lipinski definition) is 3. The predicted molar refractivity (Wildman–Crippen MR) is 70.7 cm³/mol. The van der Waals surface area contributed by atoms with Crippen molar-refractivity contribution in [2.24, 2.45) is 5.73 Å². The van der Waals surface area contributed by atoms with E-state index < -0.39 is 0 Å². The van der Waals surface area contributed by atoms with E-state index >= 15 is 0 Å². The zero-order valence-electron chi connectivity index (χ0n) is 9.80. The first-order valence-corrected chi connectivity index (χ1v) is 5.40. The molecule has 0 heterocycles. The number of para-hydroxylation sites is 1. The van der Waals surface area contributed by atoms with Crippen LogP contribution in [0.5, 0.6) is 11.5 Å². The molecule has 0 aromatic heterocycles. The molecule has 0 bridgehead atoms. The maximum Gasteiger partial charge on any atom is 0.127 e. The Balaban J connectivity index is 0.00000144. The third-order valence-electron chi connectivity index (χ3n) is 2.34. The molecule has 2 aromatic carbocycles. The van der Waals surface area contributed by atoms with Gasteiger partial charge in [0.05, 0.1) is 0 Å². The summed E-state index contributed by atoms with van der Waals surface area (Å²) in [4.78, 5) is 0. The van der Waals surface area contributed by atoms with Crippen LogP contribution >= 0.6 is 0 Å². The molecule has 0 saturated carbocycles. The molecule has 0 spiro atoms. The lowest BCUT2D eigenvalue weighted by molar-refractivity contribution is 0.482. The molecule has 2 rings (SSSR count). The molecule has 90 valence electrons. The molecular formula is C14H18N2O. The Bertz CT molecular complexity index is 426. The van der Waals surface area contributed by atoms with Gasteiger partial charge < -0.3 is 16.6 Å². The minimum atomic E-state index is 0. The second-order valence-electron chi connectivity index (χ2n) is 3.60. The largest absolute Gasteiger partial charge is 0.457 e. The molecule has 2 aromatic rings. The average Bonchev–Trinajstić information content (AvgIpc) is 2.33. The van der Waals surface area contributed by atoms with Crippen LogP contribution in [0.2, 0.25) is 0 Å². The normalized spacial score (nSPS) is 9.47. The molecule has 0 aliphatic heterocycles. The molecule has 0 fully saturated rings. The van der Waals surface area contributed by atoms with E-state index in [0.717, 1.165) is 17.9 Å². The Hall–Kier alpha value is -1.84. The van der Waals surface area contributed by atoms with Crippen molar-refractivity contribution in [2.45, 2.75) is 6.42 Å². The van der Waals surface area contributed by atoms with Gasteiger partial charge in [-0.2, -0.15) is 0 Å². The van der Waals surface area contributed by atoms with Crippen molar-refractivity contribution in [3.8, 4) is 11.5 Å². The second-order valence-corrected chi connectivity index (χ2v) is 3.60. The molecule has 3 nitrogen and oxygen atoms in total. The molecule has 0 radical (unpaired) electrons. The third kappa shape index (κ3) is 3.90. The summed E-state index contributed by atoms with van der Waals surface area (Å²) in [5.41, 5.74) is 6.73. The highest BCUT2D eigenvalue weighted by Gasteiger charge is 1.96. The summed E-state index contributed by atoms with van der Waals surface area (Å²) >= 11 is 0. The summed E-state index contributed by atoms with van der Waals surface area (Å²) in [6, 6.07) is 17.8. The van der Waals surface area contributed by atoms with Crippen molar-refractivity contribution in [3.63, 3.8) is 0 Å². The van der Waals surface area contributed by atoms with E-state index in [2.05, 4.69) is 0 Å². The van der Waals surface area contributed by atoms with Crippen LogP contribution in [0, 0.1) is 0 Å². The monoisotopic (exact) mass is 230 g/mol. The number of nitrogens with two attached hydrogens (primary N) is 1. The van der Waals surface area contributed by atoms with E-state index in [9.17, 15) is 0 Å². The topological polar surface area (TPSA) is 70.2 Å². The summed E-state index contributed by atoms with van der Waals surface area (Å²) in [7, 11) is 0. The van der Waals surface area contributed by atoms with Gasteiger partial charge in [-0.25, -0.2) is 0 Å². The molecule has 3 heteroatoms. The van der Waals surface area contributed by atoms with Gasteiger partial charge in [-0.05, 0) is 42.8 Å². The van der Waals surface area contributed by atoms with Gasteiger partial charge in [-0.3, -0.25) is 0 Å². The molecule has 0 aliphatic carbocycles. The first kappa shape index (κ1) is 13.2. The van der Waals surface area contributed by atoms with Crippen LogP contribution in [-0.4, -0.2) is 6.54 Å². The fourth-order valence-electron chi connectivity index (χ4n) is 1.52.